The zero-order valence-corrected chi connectivity index (χ0v) is 9.58. The van der Waals surface area contributed by atoms with E-state index in [1.807, 2.05) is 0 Å². The van der Waals surface area contributed by atoms with Crippen molar-refractivity contribution in [3.63, 3.8) is 0 Å². The van der Waals surface area contributed by atoms with Gasteiger partial charge in [-0.1, -0.05) is 0 Å². The van der Waals surface area contributed by atoms with Gasteiger partial charge in [0.15, 0.2) is 0 Å². The van der Waals surface area contributed by atoms with Crippen LogP contribution in [0.2, 0.25) is 0 Å². The standard InChI is InChI=1S/C11H14FN3O2/c1-6(2)17-11(16)15-9-4-3-7(12)5-8(9)10(13)14/h3-6H,1-2H3,(H3,13,14)(H,15,16). The smallest absolute Gasteiger partial charge is 0.411 e. The second kappa shape index (κ2) is 5.29. The van der Waals surface area contributed by atoms with Crippen LogP contribution in [-0.4, -0.2) is 18.0 Å². The molecule has 0 saturated heterocycles. The molecule has 0 fully saturated rings. The maximum atomic E-state index is 13.0. The molecule has 0 aliphatic rings. The van der Waals surface area contributed by atoms with Crippen LogP contribution >= 0.6 is 0 Å². The average molecular weight is 239 g/mol. The molecule has 0 unspecified atom stereocenters. The molecule has 0 aliphatic heterocycles. The molecule has 1 aromatic carbocycles. The number of ether oxygens (including phenoxy) is 1. The lowest BCUT2D eigenvalue weighted by atomic mass is 10.1. The Bertz CT molecular complexity index is 446. The molecule has 4 N–H and O–H groups in total. The topological polar surface area (TPSA) is 88.2 Å². The lowest BCUT2D eigenvalue weighted by molar-refractivity contribution is 0.130. The fourth-order valence-corrected chi connectivity index (χ4v) is 1.20. The third-order valence-electron chi connectivity index (χ3n) is 1.85. The van der Waals surface area contributed by atoms with Gasteiger partial charge in [0, 0.05) is 5.56 Å². The number of nitrogen functional groups attached to an aromatic ring is 1. The Balaban J connectivity index is 2.91. The molecule has 0 aromatic heterocycles. The van der Waals surface area contributed by atoms with E-state index in [-0.39, 0.29) is 23.2 Å². The highest BCUT2D eigenvalue weighted by atomic mass is 19.1. The van der Waals surface area contributed by atoms with Crippen LogP contribution in [-0.2, 0) is 4.74 Å². The number of hydrogen-bond donors (Lipinski definition) is 3. The number of anilines is 1. The summed E-state index contributed by atoms with van der Waals surface area (Å²) in [6.45, 7) is 3.41. The monoisotopic (exact) mass is 239 g/mol. The largest absolute Gasteiger partial charge is 0.447 e. The Morgan fingerprint density at radius 2 is 2.18 bits per heavy atom. The Hall–Kier alpha value is -2.11. The first-order chi connectivity index (χ1) is 7.90. The lowest BCUT2D eigenvalue weighted by Crippen LogP contribution is -2.21. The van der Waals surface area contributed by atoms with Crippen molar-refractivity contribution in [2.24, 2.45) is 5.73 Å². The fraction of sp³-hybridized carbons (Fsp3) is 0.273. The van der Waals surface area contributed by atoms with Crippen LogP contribution in [0.1, 0.15) is 19.4 Å². The number of carbonyl (C=O) groups excluding carboxylic acids is 1. The van der Waals surface area contributed by atoms with Crippen LogP contribution in [0.4, 0.5) is 14.9 Å². The molecule has 0 bridgehead atoms. The van der Waals surface area contributed by atoms with Crippen molar-refractivity contribution in [1.82, 2.24) is 0 Å². The highest BCUT2D eigenvalue weighted by Crippen LogP contribution is 2.16. The number of nitrogens with one attached hydrogen (secondary N) is 2. The summed E-state index contributed by atoms with van der Waals surface area (Å²) in [5.41, 5.74) is 5.64. The Morgan fingerprint density at radius 3 is 2.71 bits per heavy atom. The molecule has 92 valence electrons. The number of nitrogens with two attached hydrogens (primary N) is 1. The van der Waals surface area contributed by atoms with Gasteiger partial charge in [0.25, 0.3) is 0 Å². The Kier molecular flexibility index (Phi) is 4.03. The zero-order chi connectivity index (χ0) is 13.0. The van der Waals surface area contributed by atoms with Crippen molar-refractivity contribution in [1.29, 1.82) is 5.41 Å². The van der Waals surface area contributed by atoms with Crippen molar-refractivity contribution in [3.8, 4) is 0 Å². The fourth-order valence-electron chi connectivity index (χ4n) is 1.20. The van der Waals surface area contributed by atoms with Gasteiger partial charge >= 0.3 is 6.09 Å². The summed E-state index contributed by atoms with van der Waals surface area (Å²) in [4.78, 5) is 11.3. The maximum Gasteiger partial charge on any atom is 0.411 e. The highest BCUT2D eigenvalue weighted by Gasteiger charge is 2.11. The molecule has 0 heterocycles. The highest BCUT2D eigenvalue weighted by molar-refractivity contribution is 6.03. The van der Waals surface area contributed by atoms with Crippen LogP contribution < -0.4 is 11.1 Å². The molecule has 6 heteroatoms. The van der Waals surface area contributed by atoms with Crippen molar-refractivity contribution in [3.05, 3.63) is 29.6 Å². The summed E-state index contributed by atoms with van der Waals surface area (Å²) in [5.74, 6) is -0.859. The molecule has 1 amide bonds. The number of amides is 1. The third-order valence-corrected chi connectivity index (χ3v) is 1.85. The summed E-state index contributed by atoms with van der Waals surface area (Å²) in [5, 5.41) is 9.68. The number of rotatable bonds is 3. The van der Waals surface area contributed by atoms with Crippen molar-refractivity contribution >= 4 is 17.6 Å². The molecule has 0 spiro atoms. The SMILES string of the molecule is CC(C)OC(=O)Nc1ccc(F)cc1C(=N)N. The quantitative estimate of drug-likeness (QED) is 0.557. The first-order valence-electron chi connectivity index (χ1n) is 5.01. The van der Waals surface area contributed by atoms with Crippen molar-refractivity contribution < 1.29 is 13.9 Å². The van der Waals surface area contributed by atoms with Crippen molar-refractivity contribution in [2.75, 3.05) is 5.32 Å². The summed E-state index contributed by atoms with van der Waals surface area (Å²) in [7, 11) is 0. The number of hydrogen-bond acceptors (Lipinski definition) is 3. The van der Waals surface area contributed by atoms with Gasteiger partial charge in [-0.3, -0.25) is 10.7 Å². The van der Waals surface area contributed by atoms with Crippen LogP contribution in [0.15, 0.2) is 18.2 Å². The maximum absolute atomic E-state index is 13.0. The minimum atomic E-state index is -0.672. The van der Waals surface area contributed by atoms with E-state index in [0.29, 0.717) is 0 Å². The van der Waals surface area contributed by atoms with Gasteiger partial charge in [-0.2, -0.15) is 0 Å². The first kappa shape index (κ1) is 13.0. The Morgan fingerprint density at radius 1 is 1.53 bits per heavy atom. The van der Waals surface area contributed by atoms with E-state index in [4.69, 9.17) is 15.9 Å². The van der Waals surface area contributed by atoms with Gasteiger partial charge < -0.3 is 10.5 Å². The number of halogens is 1. The van der Waals surface area contributed by atoms with Gasteiger partial charge in [-0.25, -0.2) is 9.18 Å². The molecule has 0 radical (unpaired) electrons. The van der Waals surface area contributed by atoms with Crippen molar-refractivity contribution in [2.45, 2.75) is 20.0 Å². The van der Waals surface area contributed by atoms with Gasteiger partial charge in [-0.05, 0) is 32.0 Å². The predicted molar refractivity (Wildman–Crippen MR) is 62.7 cm³/mol. The first-order valence-corrected chi connectivity index (χ1v) is 5.01. The van der Waals surface area contributed by atoms with Gasteiger partial charge in [0.1, 0.15) is 11.7 Å². The van der Waals surface area contributed by atoms with E-state index >= 15 is 0 Å². The van der Waals surface area contributed by atoms with Gasteiger partial charge in [-0.15, -0.1) is 0 Å². The molecule has 0 aliphatic carbocycles. The number of carbonyl (C=O) groups is 1. The molecule has 17 heavy (non-hydrogen) atoms. The molecule has 0 saturated carbocycles. The van der Waals surface area contributed by atoms with E-state index < -0.39 is 11.9 Å². The molecule has 5 nitrogen and oxygen atoms in total. The van der Waals surface area contributed by atoms with Crippen LogP contribution in [0, 0.1) is 11.2 Å². The van der Waals surface area contributed by atoms with Gasteiger partial charge in [0.2, 0.25) is 0 Å². The van der Waals surface area contributed by atoms with E-state index in [9.17, 15) is 9.18 Å². The van der Waals surface area contributed by atoms with E-state index in [0.717, 1.165) is 12.1 Å². The zero-order valence-electron chi connectivity index (χ0n) is 9.58. The molecule has 1 rings (SSSR count). The average Bonchev–Trinajstić information content (AvgIpc) is 2.19. The van der Waals surface area contributed by atoms with E-state index in [1.165, 1.54) is 6.07 Å². The summed E-state index contributed by atoms with van der Waals surface area (Å²) >= 11 is 0. The second-order valence-corrected chi connectivity index (χ2v) is 3.68. The normalized spacial score (nSPS) is 10.1. The molecule has 0 atom stereocenters. The van der Waals surface area contributed by atoms with Crippen LogP contribution in [0.5, 0.6) is 0 Å². The van der Waals surface area contributed by atoms with E-state index in [1.54, 1.807) is 13.8 Å². The summed E-state index contributed by atoms with van der Waals surface area (Å²) in [6, 6.07) is 3.57. The number of benzene rings is 1. The van der Waals surface area contributed by atoms with Crippen LogP contribution in [0.25, 0.3) is 0 Å². The molecular formula is C11H14FN3O2. The van der Waals surface area contributed by atoms with Crippen LogP contribution in [0.3, 0.4) is 0 Å². The predicted octanol–water partition coefficient (Wildman–Crippen LogP) is 2.07. The third kappa shape index (κ3) is 3.75. The number of amidine groups is 1. The second-order valence-electron chi connectivity index (χ2n) is 3.68. The molecular weight excluding hydrogens is 225 g/mol. The Labute approximate surface area is 98.3 Å². The lowest BCUT2D eigenvalue weighted by Gasteiger charge is -2.12. The van der Waals surface area contributed by atoms with E-state index in [2.05, 4.69) is 5.32 Å². The minimum absolute atomic E-state index is 0.116. The van der Waals surface area contributed by atoms with Gasteiger partial charge in [0.05, 0.1) is 11.8 Å². The molecule has 1 aromatic rings. The summed E-state index contributed by atoms with van der Waals surface area (Å²) in [6.07, 6.45) is -0.940. The summed E-state index contributed by atoms with van der Waals surface area (Å²) < 4.78 is 17.8. The minimum Gasteiger partial charge on any atom is -0.447 e.